The zero-order valence-electron chi connectivity index (χ0n) is 29.9. The maximum atomic E-state index is 10.5. The van der Waals surface area contributed by atoms with Crippen molar-refractivity contribution in [3.63, 3.8) is 0 Å². The fourth-order valence-corrected chi connectivity index (χ4v) is 5.38. The average molecular weight is 635 g/mol. The molecule has 0 radical (unpaired) electrons. The summed E-state index contributed by atoms with van der Waals surface area (Å²) in [5.41, 5.74) is 0. The number of rotatable bonds is 38. The zero-order chi connectivity index (χ0) is 32.7. The van der Waals surface area contributed by atoms with Crippen LogP contribution in [0, 0.1) is 0 Å². The van der Waals surface area contributed by atoms with Gasteiger partial charge in [-0.2, -0.15) is 0 Å². The molecule has 0 rings (SSSR count). The second-order valence-electron chi connectivity index (χ2n) is 12.7. The van der Waals surface area contributed by atoms with Gasteiger partial charge in [-0.1, -0.05) is 142 Å². The number of hydrogen-bond donors (Lipinski definition) is 0. The minimum atomic E-state index is -0.416. The van der Waals surface area contributed by atoms with Crippen LogP contribution in [0.2, 0.25) is 0 Å². The van der Waals surface area contributed by atoms with Gasteiger partial charge in [0.25, 0.3) is 0 Å². The van der Waals surface area contributed by atoms with Crippen LogP contribution in [0.25, 0.3) is 0 Å². The lowest BCUT2D eigenvalue weighted by molar-refractivity contribution is -0.208. The standard InChI is InChI=1S/C40H74O5/c1-3-5-7-9-11-19-25-31-37-43-39(33-27-21-15-13-17-23-29-35-41)45-40(34-28-22-16-14-18-24-30-36-42)44-38-32-26-20-12-10-8-6-4-2/h27-28,33-36,39-40H,3-26,29-32,37-38H2,1-2H3. The molecule has 264 valence electrons. The van der Waals surface area contributed by atoms with Crippen molar-refractivity contribution < 1.29 is 23.8 Å². The Morgan fingerprint density at radius 2 is 0.711 bits per heavy atom. The van der Waals surface area contributed by atoms with E-state index in [1.807, 2.05) is 0 Å². The Bertz CT molecular complexity index is 593. The second-order valence-corrected chi connectivity index (χ2v) is 12.7. The van der Waals surface area contributed by atoms with Gasteiger partial charge in [0.05, 0.1) is 13.2 Å². The first-order chi connectivity index (χ1) is 22.3. The molecular weight excluding hydrogens is 560 g/mol. The van der Waals surface area contributed by atoms with Crippen LogP contribution in [0.4, 0.5) is 0 Å². The number of ether oxygens (including phenoxy) is 3. The van der Waals surface area contributed by atoms with Crippen LogP contribution in [0.3, 0.4) is 0 Å². The lowest BCUT2D eigenvalue weighted by Gasteiger charge is -2.22. The van der Waals surface area contributed by atoms with Gasteiger partial charge < -0.3 is 23.8 Å². The van der Waals surface area contributed by atoms with E-state index in [1.165, 1.54) is 89.9 Å². The van der Waals surface area contributed by atoms with Gasteiger partial charge in [0, 0.05) is 12.8 Å². The maximum Gasteiger partial charge on any atom is 0.180 e. The first-order valence-corrected chi connectivity index (χ1v) is 19.4. The number of carbonyl (C=O) groups excluding carboxylic acids is 2. The summed E-state index contributed by atoms with van der Waals surface area (Å²) in [4.78, 5) is 21.1. The zero-order valence-corrected chi connectivity index (χ0v) is 29.9. The van der Waals surface area contributed by atoms with Crippen molar-refractivity contribution >= 4 is 12.6 Å². The minimum Gasteiger partial charge on any atom is -0.349 e. The van der Waals surface area contributed by atoms with E-state index in [1.54, 1.807) is 0 Å². The van der Waals surface area contributed by atoms with Gasteiger partial charge in [-0.3, -0.25) is 0 Å². The molecule has 0 heterocycles. The van der Waals surface area contributed by atoms with Gasteiger partial charge in [-0.05, 0) is 63.5 Å². The molecule has 0 aromatic rings. The molecule has 0 fully saturated rings. The summed E-state index contributed by atoms with van der Waals surface area (Å²) in [6.07, 6.45) is 42.2. The number of aldehydes is 2. The number of allylic oxidation sites excluding steroid dienone is 2. The molecule has 0 saturated heterocycles. The van der Waals surface area contributed by atoms with E-state index in [-0.39, 0.29) is 0 Å². The first-order valence-electron chi connectivity index (χ1n) is 19.4. The highest BCUT2D eigenvalue weighted by Crippen LogP contribution is 2.14. The molecule has 0 aromatic heterocycles. The number of unbranched alkanes of at least 4 members (excludes halogenated alkanes) is 24. The molecule has 45 heavy (non-hydrogen) atoms. The highest BCUT2D eigenvalue weighted by atomic mass is 16.8. The Labute approximate surface area is 279 Å². The van der Waals surface area contributed by atoms with Crippen LogP contribution >= 0.6 is 0 Å². The smallest absolute Gasteiger partial charge is 0.180 e. The monoisotopic (exact) mass is 635 g/mol. The second kappa shape index (κ2) is 38.9. The predicted molar refractivity (Wildman–Crippen MR) is 192 cm³/mol. The largest absolute Gasteiger partial charge is 0.349 e. The van der Waals surface area contributed by atoms with Gasteiger partial charge >= 0.3 is 0 Å². The van der Waals surface area contributed by atoms with E-state index >= 15 is 0 Å². The van der Waals surface area contributed by atoms with Gasteiger partial charge in [-0.25, -0.2) is 0 Å². The molecule has 0 spiro atoms. The topological polar surface area (TPSA) is 61.8 Å². The van der Waals surface area contributed by atoms with Crippen molar-refractivity contribution in [1.29, 1.82) is 0 Å². The predicted octanol–water partition coefficient (Wildman–Crippen LogP) is 12.2. The van der Waals surface area contributed by atoms with Crippen LogP contribution in [-0.2, 0) is 23.8 Å². The van der Waals surface area contributed by atoms with E-state index in [0.29, 0.717) is 26.1 Å². The molecule has 0 aliphatic heterocycles. The third kappa shape index (κ3) is 35.4. The van der Waals surface area contributed by atoms with Gasteiger partial charge in [-0.15, -0.1) is 0 Å². The molecule has 0 N–H and O–H groups in total. The quantitative estimate of drug-likeness (QED) is 0.0293. The SMILES string of the molecule is CCCCCCCCCCOC(C=CCCCCCCC=O)OC(C=CCCCCCCC=O)OCCCCCCCCCC. The van der Waals surface area contributed by atoms with Gasteiger partial charge in [0.2, 0.25) is 0 Å². The summed E-state index contributed by atoms with van der Waals surface area (Å²) in [6.45, 7) is 5.93. The molecule has 0 aliphatic rings. The van der Waals surface area contributed by atoms with Crippen molar-refractivity contribution in [2.75, 3.05) is 13.2 Å². The fraction of sp³-hybridized carbons (Fsp3) is 0.850. The Balaban J connectivity index is 4.88. The Morgan fingerprint density at radius 3 is 1.07 bits per heavy atom. The molecule has 0 bridgehead atoms. The molecule has 0 saturated carbocycles. The summed E-state index contributed by atoms with van der Waals surface area (Å²) >= 11 is 0. The molecule has 2 atom stereocenters. The van der Waals surface area contributed by atoms with Crippen LogP contribution in [-0.4, -0.2) is 38.4 Å². The third-order valence-electron chi connectivity index (χ3n) is 8.30. The van der Waals surface area contributed by atoms with Gasteiger partial charge in [0.15, 0.2) is 12.6 Å². The highest BCUT2D eigenvalue weighted by Gasteiger charge is 2.13. The molecule has 0 amide bonds. The van der Waals surface area contributed by atoms with E-state index in [9.17, 15) is 9.59 Å². The van der Waals surface area contributed by atoms with Gasteiger partial charge in [0.1, 0.15) is 12.6 Å². The van der Waals surface area contributed by atoms with E-state index in [2.05, 4.69) is 38.2 Å². The first kappa shape index (κ1) is 43.7. The molecule has 5 nitrogen and oxygen atoms in total. The van der Waals surface area contributed by atoms with Crippen LogP contribution in [0.15, 0.2) is 24.3 Å². The molecule has 0 aliphatic carbocycles. The van der Waals surface area contributed by atoms with Crippen molar-refractivity contribution in [2.24, 2.45) is 0 Å². The Hall–Kier alpha value is -1.30. The average Bonchev–Trinajstić information content (AvgIpc) is 3.05. The molecule has 0 aromatic carbocycles. The lowest BCUT2D eigenvalue weighted by atomic mass is 10.1. The number of carbonyl (C=O) groups is 2. The van der Waals surface area contributed by atoms with Crippen LogP contribution < -0.4 is 0 Å². The van der Waals surface area contributed by atoms with Crippen LogP contribution in [0.5, 0.6) is 0 Å². The number of hydrogen-bond acceptors (Lipinski definition) is 5. The maximum absolute atomic E-state index is 10.5. The van der Waals surface area contributed by atoms with Crippen molar-refractivity contribution in [3.05, 3.63) is 24.3 Å². The van der Waals surface area contributed by atoms with E-state index < -0.39 is 12.6 Å². The fourth-order valence-electron chi connectivity index (χ4n) is 5.38. The van der Waals surface area contributed by atoms with E-state index in [0.717, 1.165) is 89.6 Å². The summed E-state index contributed by atoms with van der Waals surface area (Å²) in [6, 6.07) is 0. The summed E-state index contributed by atoms with van der Waals surface area (Å²) in [7, 11) is 0. The minimum absolute atomic E-state index is 0.416. The van der Waals surface area contributed by atoms with Crippen molar-refractivity contribution in [3.8, 4) is 0 Å². The Morgan fingerprint density at radius 1 is 0.400 bits per heavy atom. The Kier molecular flexibility index (Phi) is 37.8. The van der Waals surface area contributed by atoms with Crippen molar-refractivity contribution in [1.82, 2.24) is 0 Å². The highest BCUT2D eigenvalue weighted by molar-refractivity contribution is 5.49. The lowest BCUT2D eigenvalue weighted by Crippen LogP contribution is -2.25. The molecule has 5 heteroatoms. The summed E-state index contributed by atoms with van der Waals surface area (Å²) in [5, 5.41) is 0. The van der Waals surface area contributed by atoms with Crippen LogP contribution in [0.1, 0.15) is 194 Å². The third-order valence-corrected chi connectivity index (χ3v) is 8.30. The van der Waals surface area contributed by atoms with E-state index in [4.69, 9.17) is 14.2 Å². The molecular formula is C40H74O5. The molecule has 2 unspecified atom stereocenters. The summed E-state index contributed by atoms with van der Waals surface area (Å²) in [5.74, 6) is 0. The summed E-state index contributed by atoms with van der Waals surface area (Å²) < 4.78 is 18.9. The normalized spacial score (nSPS) is 13.2. The van der Waals surface area contributed by atoms with Crippen molar-refractivity contribution in [2.45, 2.75) is 206 Å².